The van der Waals surface area contributed by atoms with Crippen molar-refractivity contribution in [3.05, 3.63) is 41.7 Å². The molecule has 0 atom stereocenters. The number of para-hydroxylation sites is 1. The Hall–Kier alpha value is -2.95. The van der Waals surface area contributed by atoms with E-state index in [1.807, 2.05) is 26.8 Å². The number of morpholine rings is 1. The van der Waals surface area contributed by atoms with Crippen molar-refractivity contribution < 1.29 is 28.1 Å². The number of rotatable bonds is 12. The molecule has 1 aliphatic heterocycles. The van der Waals surface area contributed by atoms with Gasteiger partial charge in [-0.3, -0.25) is 14.6 Å². The van der Waals surface area contributed by atoms with Gasteiger partial charge in [0.1, 0.15) is 11.3 Å². The average molecular weight is 532 g/mol. The molecule has 3 aromatic rings. The first-order chi connectivity index (χ1) is 18.0. The minimum atomic E-state index is -0.404. The van der Waals surface area contributed by atoms with Crippen molar-refractivity contribution in [3.8, 4) is 17.2 Å². The van der Waals surface area contributed by atoms with Gasteiger partial charge in [0.05, 0.1) is 37.7 Å². The summed E-state index contributed by atoms with van der Waals surface area (Å²) in [4.78, 5) is 22.5. The Morgan fingerprint density at radius 3 is 2.38 bits per heavy atom. The first kappa shape index (κ1) is 27.1. The number of carbonyl (C=O) groups is 1. The predicted octanol–water partition coefficient (Wildman–Crippen LogP) is 5.00. The summed E-state index contributed by atoms with van der Waals surface area (Å²) in [5, 5.41) is 0.455. The van der Waals surface area contributed by atoms with Crippen LogP contribution in [0.3, 0.4) is 0 Å². The van der Waals surface area contributed by atoms with Crippen molar-refractivity contribution in [2.45, 2.75) is 27.2 Å². The smallest absolute Gasteiger partial charge is 0.260 e. The number of amides is 1. The Morgan fingerprint density at radius 2 is 1.76 bits per heavy atom. The fourth-order valence-electron chi connectivity index (χ4n) is 4.25. The van der Waals surface area contributed by atoms with Crippen LogP contribution in [0.15, 0.2) is 30.3 Å². The Kier molecular flexibility index (Phi) is 9.54. The standard InChI is InChI=1S/C27H34FN3O5S/c1-4-34-21-17-19(18-22(35-5-2)25(21)36-6-3)26(32)31(12-8-11-30-13-15-33-16-14-30)27-29-24-20(28)9-7-10-23(24)37-27/h7,9-10,17-18H,4-6,8,11-16H2,1-3H3. The lowest BCUT2D eigenvalue weighted by molar-refractivity contribution is 0.0376. The van der Waals surface area contributed by atoms with Gasteiger partial charge in [-0.1, -0.05) is 17.4 Å². The van der Waals surface area contributed by atoms with Gasteiger partial charge in [-0.05, 0) is 51.5 Å². The number of anilines is 1. The third kappa shape index (κ3) is 6.49. The largest absolute Gasteiger partial charge is 0.490 e. The normalized spacial score (nSPS) is 14.1. The van der Waals surface area contributed by atoms with E-state index in [-0.39, 0.29) is 11.4 Å². The van der Waals surface area contributed by atoms with Gasteiger partial charge in [-0.15, -0.1) is 0 Å². The summed E-state index contributed by atoms with van der Waals surface area (Å²) in [6, 6.07) is 8.21. The molecule has 4 rings (SSSR count). The van der Waals surface area contributed by atoms with E-state index in [0.717, 1.165) is 26.1 Å². The monoisotopic (exact) mass is 531 g/mol. The summed E-state index contributed by atoms with van der Waals surface area (Å²) >= 11 is 1.30. The van der Waals surface area contributed by atoms with Gasteiger partial charge in [0.25, 0.3) is 5.91 Å². The zero-order valence-corrected chi connectivity index (χ0v) is 22.4. The Balaban J connectivity index is 1.68. The molecule has 2 aromatic carbocycles. The summed E-state index contributed by atoms with van der Waals surface area (Å²) in [6.45, 7) is 11.3. The SMILES string of the molecule is CCOc1cc(C(=O)N(CCCN2CCOCC2)c2nc3c(F)cccc3s2)cc(OCC)c1OCC. The van der Waals surface area contributed by atoms with E-state index in [9.17, 15) is 9.18 Å². The minimum absolute atomic E-state index is 0.258. The van der Waals surface area contributed by atoms with Crippen LogP contribution in [0, 0.1) is 5.82 Å². The number of hydrogen-bond acceptors (Lipinski definition) is 8. The maximum Gasteiger partial charge on any atom is 0.260 e. The molecule has 37 heavy (non-hydrogen) atoms. The van der Waals surface area contributed by atoms with Crippen LogP contribution in [0.5, 0.6) is 17.2 Å². The van der Waals surface area contributed by atoms with Crippen molar-refractivity contribution in [1.82, 2.24) is 9.88 Å². The third-order valence-corrected chi connectivity index (χ3v) is 6.99. The molecule has 0 aliphatic carbocycles. The zero-order valence-electron chi connectivity index (χ0n) is 21.6. The lowest BCUT2D eigenvalue weighted by Crippen LogP contribution is -2.39. The second-order valence-corrected chi connectivity index (χ2v) is 9.46. The van der Waals surface area contributed by atoms with E-state index in [4.69, 9.17) is 18.9 Å². The van der Waals surface area contributed by atoms with Crippen LogP contribution in [0.2, 0.25) is 0 Å². The lowest BCUT2D eigenvalue weighted by Gasteiger charge is -2.28. The predicted molar refractivity (Wildman–Crippen MR) is 143 cm³/mol. The molecule has 0 radical (unpaired) electrons. The lowest BCUT2D eigenvalue weighted by atomic mass is 10.1. The van der Waals surface area contributed by atoms with E-state index in [0.29, 0.717) is 72.2 Å². The number of ether oxygens (including phenoxy) is 4. The van der Waals surface area contributed by atoms with Gasteiger partial charge in [0.15, 0.2) is 16.6 Å². The summed E-state index contributed by atoms with van der Waals surface area (Å²) in [6.07, 6.45) is 0.734. The fraction of sp³-hybridized carbons (Fsp3) is 0.481. The molecule has 1 fully saturated rings. The molecule has 0 bridgehead atoms. The van der Waals surface area contributed by atoms with E-state index < -0.39 is 5.82 Å². The number of thiazole rings is 1. The van der Waals surface area contributed by atoms with Crippen LogP contribution in [-0.2, 0) is 4.74 Å². The van der Waals surface area contributed by atoms with Crippen molar-refractivity contribution in [3.63, 3.8) is 0 Å². The van der Waals surface area contributed by atoms with E-state index in [1.54, 1.807) is 23.1 Å². The molecule has 0 unspecified atom stereocenters. The Labute approximate surface area is 220 Å². The number of fused-ring (bicyclic) bond motifs is 1. The molecule has 8 nitrogen and oxygen atoms in total. The summed E-state index contributed by atoms with van der Waals surface area (Å²) < 4.78 is 38.0. The Morgan fingerprint density at radius 1 is 1.08 bits per heavy atom. The highest BCUT2D eigenvalue weighted by molar-refractivity contribution is 7.22. The molecule has 2 heterocycles. The fourth-order valence-corrected chi connectivity index (χ4v) is 5.25. The van der Waals surface area contributed by atoms with Crippen LogP contribution in [0.25, 0.3) is 10.2 Å². The molecule has 0 saturated carbocycles. The Bertz CT molecular complexity index is 1170. The van der Waals surface area contributed by atoms with Crippen LogP contribution < -0.4 is 19.1 Å². The van der Waals surface area contributed by atoms with Gasteiger partial charge in [0.2, 0.25) is 5.75 Å². The van der Waals surface area contributed by atoms with E-state index >= 15 is 0 Å². The number of aromatic nitrogens is 1. The molecule has 1 aliphatic rings. The molecule has 1 saturated heterocycles. The first-order valence-electron chi connectivity index (χ1n) is 12.8. The van der Waals surface area contributed by atoms with Crippen molar-refractivity contribution in [1.29, 1.82) is 0 Å². The molecule has 1 amide bonds. The van der Waals surface area contributed by atoms with Gasteiger partial charge in [0, 0.05) is 31.7 Å². The summed E-state index contributed by atoms with van der Waals surface area (Å²) in [7, 11) is 0. The second-order valence-electron chi connectivity index (χ2n) is 8.45. The quantitative estimate of drug-likeness (QED) is 0.326. The van der Waals surface area contributed by atoms with Crippen LogP contribution in [0.1, 0.15) is 37.6 Å². The summed E-state index contributed by atoms with van der Waals surface area (Å²) in [5.41, 5.74) is 0.659. The molecule has 200 valence electrons. The maximum absolute atomic E-state index is 14.4. The maximum atomic E-state index is 14.4. The highest BCUT2D eigenvalue weighted by Gasteiger charge is 2.26. The topological polar surface area (TPSA) is 73.4 Å². The average Bonchev–Trinajstić information content (AvgIpc) is 3.34. The van der Waals surface area contributed by atoms with Crippen molar-refractivity contribution in [2.75, 3.05) is 64.1 Å². The van der Waals surface area contributed by atoms with Crippen LogP contribution in [0.4, 0.5) is 9.52 Å². The van der Waals surface area contributed by atoms with Gasteiger partial charge >= 0.3 is 0 Å². The van der Waals surface area contributed by atoms with Crippen LogP contribution in [-0.4, -0.2) is 75.0 Å². The van der Waals surface area contributed by atoms with E-state index in [2.05, 4.69) is 9.88 Å². The highest BCUT2D eigenvalue weighted by Crippen LogP contribution is 2.40. The molecule has 0 spiro atoms. The van der Waals surface area contributed by atoms with Gasteiger partial charge in [-0.2, -0.15) is 0 Å². The molecule has 10 heteroatoms. The molecular weight excluding hydrogens is 497 g/mol. The second kappa shape index (κ2) is 13.0. The highest BCUT2D eigenvalue weighted by atomic mass is 32.1. The number of halogens is 1. The molecule has 1 aromatic heterocycles. The summed E-state index contributed by atoms with van der Waals surface area (Å²) in [5.74, 6) is 0.707. The van der Waals surface area contributed by atoms with Gasteiger partial charge < -0.3 is 18.9 Å². The van der Waals surface area contributed by atoms with Crippen LogP contribution >= 0.6 is 11.3 Å². The zero-order chi connectivity index (χ0) is 26.2. The minimum Gasteiger partial charge on any atom is -0.490 e. The van der Waals surface area contributed by atoms with Gasteiger partial charge in [-0.25, -0.2) is 9.37 Å². The first-order valence-corrected chi connectivity index (χ1v) is 13.6. The number of carbonyl (C=O) groups excluding carboxylic acids is 1. The van der Waals surface area contributed by atoms with E-state index in [1.165, 1.54) is 17.4 Å². The number of benzene rings is 2. The van der Waals surface area contributed by atoms with Crippen molar-refractivity contribution >= 4 is 32.6 Å². The third-order valence-electron chi connectivity index (χ3n) is 5.95. The molecule has 0 N–H and O–H groups in total. The molecular formula is C27H34FN3O5S. The number of hydrogen-bond donors (Lipinski definition) is 0. The van der Waals surface area contributed by atoms with Crippen molar-refractivity contribution in [2.24, 2.45) is 0 Å². The number of nitrogens with zero attached hydrogens (tertiary/aromatic N) is 3.